The van der Waals surface area contributed by atoms with Gasteiger partial charge in [-0.1, -0.05) is 6.07 Å². The summed E-state index contributed by atoms with van der Waals surface area (Å²) in [7, 11) is 0. The van der Waals surface area contributed by atoms with Crippen molar-refractivity contribution in [1.29, 1.82) is 0 Å². The molecule has 1 aromatic rings. The van der Waals surface area contributed by atoms with Gasteiger partial charge < -0.3 is 25.2 Å². The van der Waals surface area contributed by atoms with Crippen molar-refractivity contribution in [3.63, 3.8) is 0 Å². The van der Waals surface area contributed by atoms with Crippen LogP contribution in [0.25, 0.3) is 0 Å². The highest BCUT2D eigenvalue weighted by atomic mass is 16.5. The van der Waals surface area contributed by atoms with Crippen LogP contribution >= 0.6 is 0 Å². The van der Waals surface area contributed by atoms with Crippen LogP contribution in [0.2, 0.25) is 0 Å². The summed E-state index contributed by atoms with van der Waals surface area (Å²) in [5.41, 5.74) is 0.355. The van der Waals surface area contributed by atoms with Gasteiger partial charge in [0.2, 0.25) is 17.7 Å². The average molecular weight is 512 g/mol. The summed E-state index contributed by atoms with van der Waals surface area (Å²) in [6.45, 7) is 5.95. The van der Waals surface area contributed by atoms with Gasteiger partial charge in [-0.2, -0.15) is 0 Å². The van der Waals surface area contributed by atoms with Crippen LogP contribution in [0, 0.1) is 23.7 Å². The van der Waals surface area contributed by atoms with E-state index in [2.05, 4.69) is 15.6 Å². The summed E-state index contributed by atoms with van der Waals surface area (Å²) in [5, 5.41) is 6.46. The van der Waals surface area contributed by atoms with Gasteiger partial charge in [0.25, 0.3) is 5.91 Å². The molecule has 202 valence electrons. The number of hydrogen-bond acceptors (Lipinski definition) is 6. The van der Waals surface area contributed by atoms with E-state index >= 15 is 0 Å². The number of piperidine rings is 2. The molecule has 0 radical (unpaired) electrons. The predicted molar refractivity (Wildman–Crippen MR) is 139 cm³/mol. The van der Waals surface area contributed by atoms with Crippen LogP contribution in [0.4, 0.5) is 0 Å². The number of pyridine rings is 1. The Kier molecular flexibility index (Phi) is 8.59. The molecule has 4 atom stereocenters. The van der Waals surface area contributed by atoms with Crippen LogP contribution < -0.4 is 15.4 Å². The highest BCUT2D eigenvalue weighted by molar-refractivity contribution is 5.92. The number of hydrogen-bond donors (Lipinski definition) is 2. The second-order valence-electron chi connectivity index (χ2n) is 11.2. The van der Waals surface area contributed by atoms with Crippen molar-refractivity contribution in [2.75, 3.05) is 52.4 Å². The number of carbonyl (C=O) groups excluding carboxylic acids is 3. The van der Waals surface area contributed by atoms with E-state index in [-0.39, 0.29) is 29.6 Å². The minimum Gasteiger partial charge on any atom is -0.478 e. The first-order chi connectivity index (χ1) is 18.1. The highest BCUT2D eigenvalue weighted by Gasteiger charge is 2.36. The van der Waals surface area contributed by atoms with Crippen LogP contribution in [0.3, 0.4) is 0 Å². The first kappa shape index (κ1) is 25.9. The van der Waals surface area contributed by atoms with E-state index in [4.69, 9.17) is 4.74 Å². The van der Waals surface area contributed by atoms with Crippen molar-refractivity contribution >= 4 is 17.7 Å². The number of rotatable bonds is 2. The predicted octanol–water partition coefficient (Wildman–Crippen LogP) is 2.08. The first-order valence-electron chi connectivity index (χ1n) is 14.2. The van der Waals surface area contributed by atoms with E-state index in [9.17, 15) is 14.4 Å². The monoisotopic (exact) mass is 511 g/mol. The Morgan fingerprint density at radius 2 is 1.84 bits per heavy atom. The van der Waals surface area contributed by atoms with Gasteiger partial charge in [0.15, 0.2) is 0 Å². The Morgan fingerprint density at radius 1 is 1.00 bits per heavy atom. The smallest absolute Gasteiger partial charge is 0.270 e. The number of nitrogens with one attached hydrogen (secondary N) is 2. The van der Waals surface area contributed by atoms with Gasteiger partial charge >= 0.3 is 0 Å². The summed E-state index contributed by atoms with van der Waals surface area (Å²) in [6.07, 6.45) is 6.71. The Balaban J connectivity index is 1.32. The van der Waals surface area contributed by atoms with E-state index in [1.807, 2.05) is 9.80 Å². The van der Waals surface area contributed by atoms with E-state index in [0.29, 0.717) is 55.9 Å². The second kappa shape index (κ2) is 12.2. The van der Waals surface area contributed by atoms with E-state index in [0.717, 1.165) is 71.2 Å². The van der Waals surface area contributed by atoms with Gasteiger partial charge in [-0.3, -0.25) is 14.4 Å². The lowest BCUT2D eigenvalue weighted by Gasteiger charge is -2.40. The summed E-state index contributed by atoms with van der Waals surface area (Å²) in [6, 6.07) is 5.28. The van der Waals surface area contributed by atoms with Crippen LogP contribution in [-0.2, 0) is 9.59 Å². The molecule has 3 fully saturated rings. The standard InChI is InChI=1S/C28H41N5O4/c34-26(32-12-1-2-13-32)17-21-8-14-33-19-23(21)9-15-37-25-5-3-4-24(31-25)28(36)30-11-7-22-18-29-10-6-20(22)16-27(33)35/h3-5,20-23,29H,1-2,6-19H2,(H,30,36)/t20-,21-,22-,23-/m0/s1. The third kappa shape index (κ3) is 6.61. The summed E-state index contributed by atoms with van der Waals surface area (Å²) < 4.78 is 5.97. The van der Waals surface area contributed by atoms with Crippen molar-refractivity contribution in [2.24, 2.45) is 23.7 Å². The molecule has 4 aliphatic rings. The highest BCUT2D eigenvalue weighted by Crippen LogP contribution is 2.33. The summed E-state index contributed by atoms with van der Waals surface area (Å²) in [5.74, 6) is 1.84. The van der Waals surface area contributed by atoms with Gasteiger partial charge in [0, 0.05) is 51.6 Å². The normalized spacial score (nSPS) is 29.6. The van der Waals surface area contributed by atoms with Crippen LogP contribution in [0.1, 0.15) is 61.9 Å². The van der Waals surface area contributed by atoms with Gasteiger partial charge in [-0.15, -0.1) is 0 Å². The lowest BCUT2D eigenvalue weighted by molar-refractivity contribution is -0.137. The number of likely N-dealkylation sites (tertiary alicyclic amines) is 1. The molecule has 0 saturated carbocycles. The molecule has 0 unspecified atom stereocenters. The number of ether oxygens (including phenoxy) is 1. The summed E-state index contributed by atoms with van der Waals surface area (Å²) in [4.78, 5) is 47.6. The Morgan fingerprint density at radius 3 is 2.70 bits per heavy atom. The molecular formula is C28H41N5O4. The first-order valence-corrected chi connectivity index (χ1v) is 14.2. The van der Waals surface area contributed by atoms with Gasteiger partial charge in [0.05, 0.1) is 6.61 Å². The minimum atomic E-state index is -0.200. The SMILES string of the molecule is O=C1NCC[C@H]2CNCC[C@H]2CC(=O)N2CC[C@@H](CC(=O)N3CCCC3)[C@@H](CCOc3cccc1n3)C2. The molecule has 9 nitrogen and oxygen atoms in total. The third-order valence-electron chi connectivity index (χ3n) is 8.84. The van der Waals surface area contributed by atoms with Gasteiger partial charge in [-0.05, 0) is 81.4 Å². The molecule has 0 aromatic carbocycles. The number of amides is 3. The molecule has 0 aliphatic carbocycles. The molecule has 2 N–H and O–H groups in total. The van der Waals surface area contributed by atoms with Gasteiger partial charge in [-0.25, -0.2) is 4.98 Å². The molecule has 0 spiro atoms. The molecule has 3 saturated heterocycles. The van der Waals surface area contributed by atoms with Crippen molar-refractivity contribution in [1.82, 2.24) is 25.4 Å². The Bertz CT molecular complexity index is 966. The molecule has 5 rings (SSSR count). The topological polar surface area (TPSA) is 104 Å². The minimum absolute atomic E-state index is 0.200. The molecule has 4 aliphatic heterocycles. The zero-order chi connectivity index (χ0) is 25.6. The Hall–Kier alpha value is -2.68. The zero-order valence-electron chi connectivity index (χ0n) is 21.8. The average Bonchev–Trinajstić information content (AvgIpc) is 3.45. The van der Waals surface area contributed by atoms with Gasteiger partial charge in [0.1, 0.15) is 5.69 Å². The van der Waals surface area contributed by atoms with Crippen molar-refractivity contribution in [3.05, 3.63) is 23.9 Å². The number of carbonyl (C=O) groups is 3. The third-order valence-corrected chi connectivity index (χ3v) is 8.84. The molecule has 1 aromatic heterocycles. The molecule has 4 bridgehead atoms. The largest absolute Gasteiger partial charge is 0.478 e. The molecule has 9 heteroatoms. The van der Waals surface area contributed by atoms with E-state index in [1.165, 1.54) is 0 Å². The molecular weight excluding hydrogens is 470 g/mol. The maximum absolute atomic E-state index is 13.5. The fourth-order valence-electron chi connectivity index (χ4n) is 6.56. The lowest BCUT2D eigenvalue weighted by Crippen LogP contribution is -2.47. The summed E-state index contributed by atoms with van der Waals surface area (Å²) >= 11 is 0. The molecule has 5 heterocycles. The van der Waals surface area contributed by atoms with Crippen molar-refractivity contribution in [2.45, 2.75) is 51.4 Å². The number of aromatic nitrogens is 1. The van der Waals surface area contributed by atoms with Crippen molar-refractivity contribution in [3.8, 4) is 5.88 Å². The lowest BCUT2D eigenvalue weighted by atomic mass is 9.79. The van der Waals surface area contributed by atoms with Crippen LogP contribution in [-0.4, -0.2) is 84.9 Å². The number of nitrogens with zero attached hydrogens (tertiary/aromatic N) is 3. The maximum atomic E-state index is 13.5. The van der Waals surface area contributed by atoms with E-state index < -0.39 is 0 Å². The fraction of sp³-hybridized carbons (Fsp3) is 0.714. The Labute approximate surface area is 219 Å². The molecule has 37 heavy (non-hydrogen) atoms. The molecule has 3 amide bonds. The quantitative estimate of drug-likeness (QED) is 0.630. The van der Waals surface area contributed by atoms with Crippen LogP contribution in [0.15, 0.2) is 18.2 Å². The zero-order valence-corrected chi connectivity index (χ0v) is 21.8. The van der Waals surface area contributed by atoms with E-state index in [1.54, 1.807) is 18.2 Å². The number of fused-ring (bicyclic) bond motifs is 5. The second-order valence-corrected chi connectivity index (χ2v) is 11.2. The van der Waals surface area contributed by atoms with Crippen LogP contribution in [0.5, 0.6) is 5.88 Å². The maximum Gasteiger partial charge on any atom is 0.270 e. The van der Waals surface area contributed by atoms with Crippen molar-refractivity contribution < 1.29 is 19.1 Å². The fourth-order valence-corrected chi connectivity index (χ4v) is 6.56.